The normalized spacial score (nSPS) is 14.1. The molecule has 0 aliphatic rings. The molecule has 0 saturated carbocycles. The number of hydrogen-bond donors (Lipinski definition) is 0. The molecule has 1 aromatic rings. The molecule has 0 radical (unpaired) electrons. The van der Waals surface area contributed by atoms with Crippen molar-refractivity contribution in [3.05, 3.63) is 29.0 Å². The van der Waals surface area contributed by atoms with Gasteiger partial charge in [-0.2, -0.15) is 0 Å². The van der Waals surface area contributed by atoms with Gasteiger partial charge in [0.05, 0.1) is 10.7 Å². The van der Waals surface area contributed by atoms with Gasteiger partial charge in [0, 0.05) is 17.4 Å². The van der Waals surface area contributed by atoms with Crippen LogP contribution < -0.4 is 0 Å². The van der Waals surface area contributed by atoms with Crippen molar-refractivity contribution in [2.24, 2.45) is 5.41 Å². The summed E-state index contributed by atoms with van der Waals surface area (Å²) in [6.07, 6.45) is 2.65. The summed E-state index contributed by atoms with van der Waals surface area (Å²) in [5.74, 6) is 0. The third kappa shape index (κ3) is 3.25. The van der Waals surface area contributed by atoms with Crippen LogP contribution in [0.4, 0.5) is 0 Å². The van der Waals surface area contributed by atoms with Gasteiger partial charge in [-0.15, -0.1) is 0 Å². The van der Waals surface area contributed by atoms with Gasteiger partial charge in [-0.25, -0.2) is 0 Å². The molecule has 14 heavy (non-hydrogen) atoms. The van der Waals surface area contributed by atoms with Crippen LogP contribution in [0.5, 0.6) is 0 Å². The van der Waals surface area contributed by atoms with Crippen molar-refractivity contribution >= 4 is 27.5 Å². The molecule has 3 heteroatoms. The van der Waals surface area contributed by atoms with Gasteiger partial charge < -0.3 is 0 Å². The quantitative estimate of drug-likeness (QED) is 0.742. The molecule has 78 valence electrons. The molecule has 1 aromatic heterocycles. The SMILES string of the molecule is CC(C)(C)C(Br)Cc1ncccc1Cl. The summed E-state index contributed by atoms with van der Waals surface area (Å²) in [7, 11) is 0. The second-order valence-corrected chi connectivity index (χ2v) is 5.98. The van der Waals surface area contributed by atoms with Gasteiger partial charge >= 0.3 is 0 Å². The maximum Gasteiger partial charge on any atom is 0.0621 e. The second-order valence-electron chi connectivity index (χ2n) is 4.47. The molecule has 0 spiro atoms. The van der Waals surface area contributed by atoms with Gasteiger partial charge in [0.15, 0.2) is 0 Å². The fraction of sp³-hybridized carbons (Fsp3) is 0.545. The molecule has 0 saturated heterocycles. The van der Waals surface area contributed by atoms with E-state index < -0.39 is 0 Å². The number of halogens is 2. The molecule has 1 rings (SSSR count). The van der Waals surface area contributed by atoms with Gasteiger partial charge in [-0.3, -0.25) is 4.98 Å². The van der Waals surface area contributed by atoms with Crippen LogP contribution in [-0.4, -0.2) is 9.81 Å². The van der Waals surface area contributed by atoms with Crippen LogP contribution in [0.2, 0.25) is 5.02 Å². The van der Waals surface area contributed by atoms with Crippen LogP contribution in [0.3, 0.4) is 0 Å². The van der Waals surface area contributed by atoms with Crippen LogP contribution in [0, 0.1) is 5.41 Å². The topological polar surface area (TPSA) is 12.9 Å². The van der Waals surface area contributed by atoms with Crippen molar-refractivity contribution < 1.29 is 0 Å². The third-order valence-corrected chi connectivity index (χ3v) is 4.19. The molecule has 0 aliphatic carbocycles. The molecule has 1 heterocycles. The third-order valence-electron chi connectivity index (χ3n) is 2.15. The Balaban J connectivity index is 2.75. The minimum atomic E-state index is 0.223. The Kier molecular flexibility index (Phi) is 3.96. The number of aromatic nitrogens is 1. The van der Waals surface area contributed by atoms with Gasteiger partial charge in [0.1, 0.15) is 0 Å². The molecule has 0 fully saturated rings. The van der Waals surface area contributed by atoms with Crippen LogP contribution >= 0.6 is 27.5 Å². The first-order chi connectivity index (χ1) is 6.41. The van der Waals surface area contributed by atoms with Crippen LogP contribution in [0.25, 0.3) is 0 Å². The Morgan fingerprint density at radius 3 is 2.64 bits per heavy atom. The fourth-order valence-electron chi connectivity index (χ4n) is 1.04. The minimum absolute atomic E-state index is 0.223. The van der Waals surface area contributed by atoms with E-state index in [1.807, 2.05) is 12.1 Å². The Bertz CT molecular complexity index is 306. The molecular weight excluding hydrogens is 261 g/mol. The van der Waals surface area contributed by atoms with E-state index in [1.165, 1.54) is 0 Å². The highest BCUT2D eigenvalue weighted by Crippen LogP contribution is 2.30. The van der Waals surface area contributed by atoms with Gasteiger partial charge in [-0.05, 0) is 17.5 Å². The smallest absolute Gasteiger partial charge is 0.0621 e. The van der Waals surface area contributed by atoms with Crippen LogP contribution in [0.15, 0.2) is 18.3 Å². The Morgan fingerprint density at radius 1 is 1.50 bits per heavy atom. The fourth-order valence-corrected chi connectivity index (χ4v) is 1.55. The first kappa shape index (κ1) is 12.0. The predicted octanol–water partition coefficient (Wildman–Crippen LogP) is 4.09. The van der Waals surface area contributed by atoms with Crippen molar-refractivity contribution in [3.8, 4) is 0 Å². The van der Waals surface area contributed by atoms with Crippen LogP contribution in [0.1, 0.15) is 26.5 Å². The van der Waals surface area contributed by atoms with E-state index in [9.17, 15) is 0 Å². The molecule has 0 bridgehead atoms. The van der Waals surface area contributed by atoms with Crippen molar-refractivity contribution in [3.63, 3.8) is 0 Å². The molecule has 1 unspecified atom stereocenters. The molecule has 0 amide bonds. The monoisotopic (exact) mass is 275 g/mol. The largest absolute Gasteiger partial charge is 0.260 e. The predicted molar refractivity (Wildman–Crippen MR) is 65.1 cm³/mol. The van der Waals surface area contributed by atoms with Gasteiger partial charge in [0.25, 0.3) is 0 Å². The maximum atomic E-state index is 6.04. The average Bonchev–Trinajstić information content (AvgIpc) is 2.07. The summed E-state index contributed by atoms with van der Waals surface area (Å²) >= 11 is 9.71. The first-order valence-electron chi connectivity index (χ1n) is 4.64. The number of alkyl halides is 1. The summed E-state index contributed by atoms with van der Waals surface area (Å²) in [5, 5.41) is 0.751. The summed E-state index contributed by atoms with van der Waals surface area (Å²) in [6.45, 7) is 6.59. The highest BCUT2D eigenvalue weighted by Gasteiger charge is 2.23. The Labute approximate surface area is 99.0 Å². The van der Waals surface area contributed by atoms with E-state index in [0.717, 1.165) is 17.1 Å². The highest BCUT2D eigenvalue weighted by molar-refractivity contribution is 9.09. The summed E-state index contributed by atoms with van der Waals surface area (Å²) in [5.41, 5.74) is 1.19. The average molecular weight is 277 g/mol. The maximum absolute atomic E-state index is 6.04. The standard InChI is InChI=1S/C11H15BrClN/c1-11(2,3)10(12)7-9-8(13)5-4-6-14-9/h4-6,10H,7H2,1-3H3. The van der Waals surface area contributed by atoms with Gasteiger partial charge in [-0.1, -0.05) is 48.3 Å². The molecule has 0 aromatic carbocycles. The van der Waals surface area contributed by atoms with Crippen molar-refractivity contribution in [2.75, 3.05) is 0 Å². The Hall–Kier alpha value is -0.0800. The number of rotatable bonds is 2. The highest BCUT2D eigenvalue weighted by atomic mass is 79.9. The van der Waals surface area contributed by atoms with E-state index in [2.05, 4.69) is 41.7 Å². The summed E-state index contributed by atoms with van der Waals surface area (Å²) in [4.78, 5) is 4.66. The van der Waals surface area contributed by atoms with Crippen molar-refractivity contribution in [1.29, 1.82) is 0 Å². The van der Waals surface area contributed by atoms with Crippen molar-refractivity contribution in [1.82, 2.24) is 4.98 Å². The Morgan fingerprint density at radius 2 is 2.14 bits per heavy atom. The zero-order chi connectivity index (χ0) is 10.8. The lowest BCUT2D eigenvalue weighted by Gasteiger charge is -2.25. The van der Waals surface area contributed by atoms with E-state index in [1.54, 1.807) is 6.20 Å². The van der Waals surface area contributed by atoms with E-state index in [0.29, 0.717) is 4.83 Å². The van der Waals surface area contributed by atoms with E-state index in [-0.39, 0.29) is 5.41 Å². The molecule has 1 atom stereocenters. The molecule has 0 aliphatic heterocycles. The van der Waals surface area contributed by atoms with Crippen molar-refractivity contribution in [2.45, 2.75) is 32.0 Å². The van der Waals surface area contributed by atoms with E-state index >= 15 is 0 Å². The molecule has 1 nitrogen and oxygen atoms in total. The number of hydrogen-bond acceptors (Lipinski definition) is 1. The second kappa shape index (κ2) is 4.63. The molecule has 0 N–H and O–H groups in total. The first-order valence-corrected chi connectivity index (χ1v) is 5.94. The summed E-state index contributed by atoms with van der Waals surface area (Å²) in [6, 6.07) is 3.73. The minimum Gasteiger partial charge on any atom is -0.260 e. The zero-order valence-corrected chi connectivity index (χ0v) is 11.1. The summed E-state index contributed by atoms with van der Waals surface area (Å²) < 4.78 is 0. The number of nitrogens with zero attached hydrogens (tertiary/aromatic N) is 1. The van der Waals surface area contributed by atoms with Crippen LogP contribution in [-0.2, 0) is 6.42 Å². The van der Waals surface area contributed by atoms with E-state index in [4.69, 9.17) is 11.6 Å². The lowest BCUT2D eigenvalue weighted by molar-refractivity contribution is 0.396. The molecular formula is C11H15BrClN. The number of pyridine rings is 1. The zero-order valence-electron chi connectivity index (χ0n) is 8.72. The lowest BCUT2D eigenvalue weighted by Crippen LogP contribution is -2.22. The van der Waals surface area contributed by atoms with Gasteiger partial charge in [0.2, 0.25) is 0 Å². The lowest BCUT2D eigenvalue weighted by atomic mass is 9.89.